The minimum Gasteiger partial charge on any atom is -0.333 e. The maximum Gasteiger partial charge on any atom is 0.226 e. The summed E-state index contributed by atoms with van der Waals surface area (Å²) in [6.07, 6.45) is 0. The number of rotatable bonds is 2. The number of carbonyl (C=O) groups is 2. The average Bonchev–Trinajstić information content (AvgIpc) is 1.99. The quantitative estimate of drug-likeness (QED) is 0.588. The molecule has 4 heteroatoms. The van der Waals surface area contributed by atoms with Crippen LogP contribution in [0.1, 0.15) is 41.5 Å². The summed E-state index contributed by atoms with van der Waals surface area (Å²) in [6.45, 7) is 10.6. The van der Waals surface area contributed by atoms with Gasteiger partial charge >= 0.3 is 0 Å². The highest BCUT2D eigenvalue weighted by Gasteiger charge is 2.31. The molecule has 0 fully saturated rings. The molecule has 0 aromatic rings. The Bertz CT molecular complexity index is 261. The van der Waals surface area contributed by atoms with Gasteiger partial charge in [-0.25, -0.2) is 0 Å². The first-order valence-electron chi connectivity index (χ1n) is 4.95. The van der Waals surface area contributed by atoms with E-state index in [0.717, 1.165) is 0 Å². The van der Waals surface area contributed by atoms with Crippen LogP contribution in [0.4, 0.5) is 0 Å². The molecule has 0 rings (SSSR count). The van der Waals surface area contributed by atoms with Crippen molar-refractivity contribution in [2.45, 2.75) is 47.0 Å². The van der Waals surface area contributed by atoms with E-state index in [1.165, 1.54) is 0 Å². The molecular formula is C11H20ClNO2. The number of nitrogens with one attached hydrogen (secondary N) is 1. The lowest BCUT2D eigenvalue weighted by Crippen LogP contribution is -2.46. The van der Waals surface area contributed by atoms with Gasteiger partial charge in [-0.15, -0.1) is 0 Å². The van der Waals surface area contributed by atoms with Crippen molar-refractivity contribution in [3.8, 4) is 0 Å². The SMILES string of the molecule is CC(C)(C)C(=O)NC(Cl)C(=O)C(C)(C)C. The van der Waals surface area contributed by atoms with Crippen molar-refractivity contribution >= 4 is 23.3 Å². The van der Waals surface area contributed by atoms with Crippen molar-refractivity contribution < 1.29 is 9.59 Å². The molecule has 0 spiro atoms. The molecule has 0 bridgehead atoms. The zero-order valence-corrected chi connectivity index (χ0v) is 11.0. The van der Waals surface area contributed by atoms with E-state index in [1.54, 1.807) is 41.5 Å². The summed E-state index contributed by atoms with van der Waals surface area (Å²) >= 11 is 5.84. The smallest absolute Gasteiger partial charge is 0.226 e. The van der Waals surface area contributed by atoms with E-state index < -0.39 is 16.3 Å². The molecule has 0 heterocycles. The fraction of sp³-hybridized carbons (Fsp3) is 0.818. The van der Waals surface area contributed by atoms with Crippen LogP contribution >= 0.6 is 11.6 Å². The zero-order valence-electron chi connectivity index (χ0n) is 10.3. The highest BCUT2D eigenvalue weighted by Crippen LogP contribution is 2.20. The standard InChI is InChI=1S/C11H20ClNO2/c1-10(2,3)7(14)8(12)13-9(15)11(4,5)6/h8H,1-6H3,(H,13,15). The Morgan fingerprint density at radius 1 is 1.00 bits per heavy atom. The lowest BCUT2D eigenvalue weighted by molar-refractivity contribution is -0.133. The average molecular weight is 234 g/mol. The van der Waals surface area contributed by atoms with Gasteiger partial charge in [0.15, 0.2) is 11.3 Å². The van der Waals surface area contributed by atoms with Crippen molar-refractivity contribution in [1.29, 1.82) is 0 Å². The Kier molecular flexibility index (Phi) is 4.35. The summed E-state index contributed by atoms with van der Waals surface area (Å²) in [6, 6.07) is 0. The molecule has 0 saturated carbocycles. The second-order valence-electron chi connectivity index (χ2n) is 5.70. The first kappa shape index (κ1) is 14.4. The maximum absolute atomic E-state index is 11.7. The van der Waals surface area contributed by atoms with Crippen LogP contribution in [0.3, 0.4) is 0 Å². The van der Waals surface area contributed by atoms with E-state index in [2.05, 4.69) is 5.32 Å². The highest BCUT2D eigenvalue weighted by atomic mass is 35.5. The normalized spacial score (nSPS) is 14.6. The number of hydrogen-bond acceptors (Lipinski definition) is 2. The number of carbonyl (C=O) groups excluding carboxylic acids is 2. The second-order valence-corrected chi connectivity index (χ2v) is 6.14. The van der Waals surface area contributed by atoms with Crippen LogP contribution in [0.5, 0.6) is 0 Å². The van der Waals surface area contributed by atoms with Gasteiger partial charge in [-0.2, -0.15) is 0 Å². The molecule has 0 radical (unpaired) electrons. The van der Waals surface area contributed by atoms with Crippen LogP contribution in [0.15, 0.2) is 0 Å². The van der Waals surface area contributed by atoms with Gasteiger partial charge in [-0.05, 0) is 0 Å². The van der Waals surface area contributed by atoms with Crippen molar-refractivity contribution in [3.63, 3.8) is 0 Å². The van der Waals surface area contributed by atoms with Gasteiger partial charge in [0.2, 0.25) is 5.91 Å². The Morgan fingerprint density at radius 2 is 1.40 bits per heavy atom. The molecule has 0 aromatic heterocycles. The third kappa shape index (κ3) is 4.65. The number of Topliss-reactive ketones (excluding diaryl/α,β-unsaturated/α-hetero) is 1. The molecule has 1 atom stereocenters. The second kappa shape index (κ2) is 4.52. The Labute approximate surface area is 96.6 Å². The molecule has 0 aliphatic rings. The third-order valence-corrected chi connectivity index (χ3v) is 2.22. The lowest BCUT2D eigenvalue weighted by atomic mass is 9.90. The van der Waals surface area contributed by atoms with E-state index >= 15 is 0 Å². The molecule has 3 nitrogen and oxygen atoms in total. The Hall–Kier alpha value is -0.570. The number of alkyl halides is 1. The fourth-order valence-electron chi connectivity index (χ4n) is 0.777. The molecule has 15 heavy (non-hydrogen) atoms. The van der Waals surface area contributed by atoms with E-state index in [9.17, 15) is 9.59 Å². The third-order valence-electron chi connectivity index (χ3n) is 1.91. The maximum atomic E-state index is 11.7. The predicted octanol–water partition coefficient (Wildman–Crippen LogP) is 2.33. The predicted molar refractivity (Wildman–Crippen MR) is 61.7 cm³/mol. The summed E-state index contributed by atoms with van der Waals surface area (Å²) < 4.78 is 0. The molecule has 0 aliphatic carbocycles. The molecule has 0 saturated heterocycles. The molecule has 1 amide bonds. The molecule has 0 aliphatic heterocycles. The largest absolute Gasteiger partial charge is 0.333 e. The molecule has 0 aromatic carbocycles. The van der Waals surface area contributed by atoms with Crippen LogP contribution in [0, 0.1) is 10.8 Å². The van der Waals surface area contributed by atoms with Gasteiger partial charge in [0, 0.05) is 10.8 Å². The van der Waals surface area contributed by atoms with Gasteiger partial charge in [-0.3, -0.25) is 9.59 Å². The zero-order chi connectivity index (χ0) is 12.4. The van der Waals surface area contributed by atoms with Gasteiger partial charge in [0.05, 0.1) is 0 Å². The summed E-state index contributed by atoms with van der Waals surface area (Å²) in [5.41, 5.74) is -2.03. The number of hydrogen-bond donors (Lipinski definition) is 1. The van der Waals surface area contributed by atoms with Gasteiger partial charge < -0.3 is 5.32 Å². The van der Waals surface area contributed by atoms with Crippen molar-refractivity contribution in [1.82, 2.24) is 5.32 Å². The topological polar surface area (TPSA) is 46.2 Å². The van der Waals surface area contributed by atoms with Crippen LogP contribution in [-0.4, -0.2) is 17.2 Å². The summed E-state index contributed by atoms with van der Waals surface area (Å²) in [5, 5.41) is 2.50. The molecular weight excluding hydrogens is 214 g/mol. The Balaban J connectivity index is 4.46. The minimum atomic E-state index is -0.947. The number of halogens is 1. The van der Waals surface area contributed by atoms with Crippen LogP contribution in [0.25, 0.3) is 0 Å². The summed E-state index contributed by atoms with van der Waals surface area (Å²) in [4.78, 5) is 23.2. The van der Waals surface area contributed by atoms with Crippen LogP contribution in [0.2, 0.25) is 0 Å². The minimum absolute atomic E-state index is 0.179. The highest BCUT2D eigenvalue weighted by molar-refractivity contribution is 6.32. The first-order chi connectivity index (χ1) is 6.46. The number of ketones is 1. The monoisotopic (exact) mass is 233 g/mol. The van der Waals surface area contributed by atoms with Crippen molar-refractivity contribution in [2.75, 3.05) is 0 Å². The summed E-state index contributed by atoms with van der Waals surface area (Å²) in [7, 11) is 0. The van der Waals surface area contributed by atoms with E-state index in [4.69, 9.17) is 11.6 Å². The van der Waals surface area contributed by atoms with E-state index in [1.807, 2.05) is 0 Å². The van der Waals surface area contributed by atoms with Gasteiger partial charge in [0.1, 0.15) is 0 Å². The molecule has 1 N–H and O–H groups in total. The Morgan fingerprint density at radius 3 is 1.67 bits per heavy atom. The lowest BCUT2D eigenvalue weighted by Gasteiger charge is -2.24. The fourth-order valence-corrected chi connectivity index (χ4v) is 1.20. The van der Waals surface area contributed by atoms with Crippen LogP contribution in [-0.2, 0) is 9.59 Å². The van der Waals surface area contributed by atoms with E-state index in [0.29, 0.717) is 0 Å². The van der Waals surface area contributed by atoms with Gasteiger partial charge in [0.25, 0.3) is 0 Å². The molecule has 1 unspecified atom stereocenters. The number of amides is 1. The van der Waals surface area contributed by atoms with Crippen LogP contribution < -0.4 is 5.32 Å². The first-order valence-corrected chi connectivity index (χ1v) is 5.39. The van der Waals surface area contributed by atoms with Crippen molar-refractivity contribution in [2.24, 2.45) is 10.8 Å². The molecule has 88 valence electrons. The summed E-state index contributed by atoms with van der Waals surface area (Å²) in [5.74, 6) is -0.401. The van der Waals surface area contributed by atoms with E-state index in [-0.39, 0.29) is 11.7 Å². The van der Waals surface area contributed by atoms with Crippen molar-refractivity contribution in [3.05, 3.63) is 0 Å². The van der Waals surface area contributed by atoms with Gasteiger partial charge in [-0.1, -0.05) is 53.1 Å².